The zero-order valence-electron chi connectivity index (χ0n) is 9.30. The highest BCUT2D eigenvalue weighted by Gasteiger charge is 2.17. The maximum Gasteiger partial charge on any atom is 0.338 e. The summed E-state index contributed by atoms with van der Waals surface area (Å²) >= 11 is 0. The minimum absolute atomic E-state index is 0.367. The predicted octanol–water partition coefficient (Wildman–Crippen LogP) is -0.847. The molecule has 7 nitrogen and oxygen atoms in total. The van der Waals surface area contributed by atoms with Gasteiger partial charge in [-0.1, -0.05) is 6.42 Å². The van der Waals surface area contributed by atoms with Gasteiger partial charge in [-0.05, 0) is 19.4 Å². The Morgan fingerprint density at radius 1 is 1.24 bits per heavy atom. The van der Waals surface area contributed by atoms with Crippen LogP contribution in [0.3, 0.4) is 0 Å². The molecule has 0 aliphatic carbocycles. The molecule has 0 rings (SSSR count). The zero-order valence-corrected chi connectivity index (χ0v) is 9.30. The number of rotatable bonds is 7. The molecule has 5 N–H and O–H groups in total. The van der Waals surface area contributed by atoms with Gasteiger partial charge in [0.05, 0.1) is 0 Å². The Balaban J connectivity index is 3.98. The Morgan fingerprint density at radius 3 is 2.41 bits per heavy atom. The fourth-order valence-electron chi connectivity index (χ4n) is 0.975. The van der Waals surface area contributed by atoms with Crippen LogP contribution in [-0.2, 0) is 19.1 Å². The van der Waals surface area contributed by atoms with Gasteiger partial charge in [0.2, 0.25) is 0 Å². The molecular weight excluding hydrogens is 228 g/mol. The first kappa shape index (κ1) is 15.3. The molecule has 0 spiro atoms. The average molecular weight is 244 g/mol. The SMILES string of the molecule is NCCCCC(N)C(=O)OC(=O)/C=C\C(=O)O. The topological polar surface area (TPSA) is 133 Å². The molecule has 17 heavy (non-hydrogen) atoms. The summed E-state index contributed by atoms with van der Waals surface area (Å²) in [5, 5.41) is 8.23. The third-order valence-electron chi connectivity index (χ3n) is 1.84. The maximum absolute atomic E-state index is 11.2. The van der Waals surface area contributed by atoms with Crippen molar-refractivity contribution in [3.05, 3.63) is 12.2 Å². The first-order valence-electron chi connectivity index (χ1n) is 5.09. The molecule has 0 heterocycles. The van der Waals surface area contributed by atoms with Crippen molar-refractivity contribution in [2.45, 2.75) is 25.3 Å². The molecule has 0 aromatic heterocycles. The van der Waals surface area contributed by atoms with E-state index in [1.165, 1.54) is 0 Å². The van der Waals surface area contributed by atoms with Crippen LogP contribution < -0.4 is 11.5 Å². The van der Waals surface area contributed by atoms with Crippen molar-refractivity contribution in [1.29, 1.82) is 0 Å². The summed E-state index contributed by atoms with van der Waals surface area (Å²) < 4.78 is 4.31. The molecule has 0 bridgehead atoms. The molecule has 0 radical (unpaired) electrons. The van der Waals surface area contributed by atoms with E-state index < -0.39 is 23.9 Å². The second kappa shape index (κ2) is 8.43. The summed E-state index contributed by atoms with van der Waals surface area (Å²) in [5.74, 6) is -3.23. The van der Waals surface area contributed by atoms with E-state index in [1.54, 1.807) is 0 Å². The first-order chi connectivity index (χ1) is 7.97. The standard InChI is InChI=1S/C10H16N2O5/c11-6-2-1-3-7(12)10(16)17-9(15)5-4-8(13)14/h4-5,7H,1-3,6,11-12H2,(H,13,14)/b5-4-. The van der Waals surface area contributed by atoms with E-state index in [4.69, 9.17) is 16.6 Å². The van der Waals surface area contributed by atoms with Crippen molar-refractivity contribution in [3.63, 3.8) is 0 Å². The number of aliphatic carboxylic acids is 1. The van der Waals surface area contributed by atoms with Crippen LogP contribution >= 0.6 is 0 Å². The number of hydrogen-bond acceptors (Lipinski definition) is 6. The van der Waals surface area contributed by atoms with Gasteiger partial charge in [-0.3, -0.25) is 0 Å². The van der Waals surface area contributed by atoms with Gasteiger partial charge >= 0.3 is 17.9 Å². The largest absolute Gasteiger partial charge is 0.478 e. The van der Waals surface area contributed by atoms with Gasteiger partial charge in [0, 0.05) is 12.2 Å². The smallest absolute Gasteiger partial charge is 0.338 e. The van der Waals surface area contributed by atoms with Crippen LogP contribution in [0.25, 0.3) is 0 Å². The first-order valence-corrected chi connectivity index (χ1v) is 5.09. The summed E-state index contributed by atoms with van der Waals surface area (Å²) in [6.07, 6.45) is 2.98. The molecule has 0 saturated heterocycles. The Kier molecular flexibility index (Phi) is 7.57. The second-order valence-corrected chi connectivity index (χ2v) is 3.30. The quantitative estimate of drug-likeness (QED) is 0.230. The van der Waals surface area contributed by atoms with E-state index in [1.807, 2.05) is 0 Å². The summed E-state index contributed by atoms with van der Waals surface area (Å²) in [7, 11) is 0. The van der Waals surface area contributed by atoms with Crippen LogP contribution in [0.15, 0.2) is 12.2 Å². The van der Waals surface area contributed by atoms with Crippen LogP contribution in [-0.4, -0.2) is 35.6 Å². The lowest BCUT2D eigenvalue weighted by atomic mass is 10.1. The van der Waals surface area contributed by atoms with Crippen molar-refractivity contribution >= 4 is 17.9 Å². The molecule has 7 heteroatoms. The lowest BCUT2D eigenvalue weighted by molar-refractivity contribution is -0.157. The van der Waals surface area contributed by atoms with E-state index in [9.17, 15) is 14.4 Å². The van der Waals surface area contributed by atoms with Crippen molar-refractivity contribution in [1.82, 2.24) is 0 Å². The number of carboxylic acid groups (broad SMARTS) is 1. The van der Waals surface area contributed by atoms with Crippen LogP contribution in [0.2, 0.25) is 0 Å². The van der Waals surface area contributed by atoms with Crippen molar-refractivity contribution in [3.8, 4) is 0 Å². The predicted molar refractivity (Wildman–Crippen MR) is 58.8 cm³/mol. The molecule has 0 aliphatic heterocycles. The van der Waals surface area contributed by atoms with E-state index in [0.29, 0.717) is 31.5 Å². The van der Waals surface area contributed by atoms with Gasteiger partial charge in [0.15, 0.2) is 0 Å². The summed E-state index contributed by atoms with van der Waals surface area (Å²) in [5.41, 5.74) is 10.7. The van der Waals surface area contributed by atoms with E-state index in [2.05, 4.69) is 4.74 Å². The highest BCUT2D eigenvalue weighted by molar-refractivity contribution is 5.97. The highest BCUT2D eigenvalue weighted by atomic mass is 16.6. The molecule has 0 aromatic rings. The van der Waals surface area contributed by atoms with Crippen molar-refractivity contribution < 1.29 is 24.2 Å². The fraction of sp³-hybridized carbons (Fsp3) is 0.500. The zero-order chi connectivity index (χ0) is 13.3. The van der Waals surface area contributed by atoms with Crippen LogP contribution in [0.1, 0.15) is 19.3 Å². The number of esters is 2. The molecule has 0 aliphatic rings. The van der Waals surface area contributed by atoms with E-state index >= 15 is 0 Å². The van der Waals surface area contributed by atoms with E-state index in [0.717, 1.165) is 6.42 Å². The van der Waals surface area contributed by atoms with Crippen molar-refractivity contribution in [2.24, 2.45) is 11.5 Å². The molecule has 0 aromatic carbocycles. The molecular formula is C10H16N2O5. The second-order valence-electron chi connectivity index (χ2n) is 3.30. The highest BCUT2D eigenvalue weighted by Crippen LogP contribution is 2.00. The normalized spacial score (nSPS) is 12.4. The van der Waals surface area contributed by atoms with E-state index in [-0.39, 0.29) is 0 Å². The number of ether oxygens (including phenoxy) is 1. The lowest BCUT2D eigenvalue weighted by Crippen LogP contribution is -2.33. The van der Waals surface area contributed by atoms with Gasteiger partial charge in [0.1, 0.15) is 6.04 Å². The van der Waals surface area contributed by atoms with Crippen LogP contribution in [0.5, 0.6) is 0 Å². The average Bonchev–Trinajstić information content (AvgIpc) is 2.26. The van der Waals surface area contributed by atoms with Gasteiger partial charge in [-0.25, -0.2) is 14.4 Å². The fourth-order valence-corrected chi connectivity index (χ4v) is 0.975. The third-order valence-corrected chi connectivity index (χ3v) is 1.84. The summed E-state index contributed by atoms with van der Waals surface area (Å²) in [6, 6.07) is -0.899. The number of carboxylic acids is 1. The maximum atomic E-state index is 11.2. The van der Waals surface area contributed by atoms with Gasteiger partial charge in [0.25, 0.3) is 0 Å². The Hall–Kier alpha value is -1.73. The number of unbranched alkanes of at least 4 members (excludes halogenated alkanes) is 1. The Bertz CT molecular complexity index is 314. The van der Waals surface area contributed by atoms with Gasteiger partial charge in [-0.2, -0.15) is 0 Å². The molecule has 0 saturated carbocycles. The molecule has 96 valence electrons. The van der Waals surface area contributed by atoms with Crippen LogP contribution in [0.4, 0.5) is 0 Å². The van der Waals surface area contributed by atoms with Crippen LogP contribution in [0, 0.1) is 0 Å². The number of carbonyl (C=O) groups is 3. The minimum Gasteiger partial charge on any atom is -0.478 e. The Morgan fingerprint density at radius 2 is 1.88 bits per heavy atom. The summed E-state index contributed by atoms with van der Waals surface area (Å²) in [4.78, 5) is 32.2. The minimum atomic E-state index is -1.30. The monoisotopic (exact) mass is 244 g/mol. The summed E-state index contributed by atoms with van der Waals surface area (Å²) in [6.45, 7) is 0.502. The Labute approximate surface area is 98.4 Å². The molecule has 0 fully saturated rings. The number of carbonyl (C=O) groups excluding carboxylic acids is 2. The lowest BCUT2D eigenvalue weighted by Gasteiger charge is -2.08. The van der Waals surface area contributed by atoms with Gasteiger partial charge < -0.3 is 21.3 Å². The number of nitrogens with two attached hydrogens (primary N) is 2. The van der Waals surface area contributed by atoms with Gasteiger partial charge in [-0.15, -0.1) is 0 Å². The third kappa shape index (κ3) is 8.12. The number of hydrogen-bond donors (Lipinski definition) is 3. The molecule has 0 amide bonds. The van der Waals surface area contributed by atoms with Crippen molar-refractivity contribution in [2.75, 3.05) is 6.54 Å². The molecule has 1 unspecified atom stereocenters. The molecule has 1 atom stereocenters.